The molecule has 2 heterocycles. The molecule has 0 aliphatic heterocycles. The maximum absolute atomic E-state index is 13.1. The van der Waals surface area contributed by atoms with E-state index in [-0.39, 0.29) is 29.0 Å². The standard InChI is InChI=1S/C24H25N3O3S/c1-24(2,21-11-13-26-23(27-21)16-31(29,30)20-9-10-20)22(28)14-17-5-7-18(8-6-17)19-4-3-12-25-15-19/h3-8,11-13,15,20H,9-10,14,16H2,1-2H3. The van der Waals surface area contributed by atoms with E-state index in [0.29, 0.717) is 18.5 Å². The molecule has 0 atom stereocenters. The van der Waals surface area contributed by atoms with Gasteiger partial charge >= 0.3 is 0 Å². The normalized spacial score (nSPS) is 14.4. The van der Waals surface area contributed by atoms with Gasteiger partial charge in [0.15, 0.2) is 9.84 Å². The largest absolute Gasteiger partial charge is 0.298 e. The number of nitrogens with zero attached hydrogens (tertiary/aromatic N) is 3. The van der Waals surface area contributed by atoms with Crippen LogP contribution in [0.5, 0.6) is 0 Å². The number of ketones is 1. The summed E-state index contributed by atoms with van der Waals surface area (Å²) in [6.07, 6.45) is 6.77. The third-order valence-electron chi connectivity index (χ3n) is 5.72. The smallest absolute Gasteiger partial charge is 0.160 e. The van der Waals surface area contributed by atoms with E-state index in [2.05, 4.69) is 15.0 Å². The molecule has 31 heavy (non-hydrogen) atoms. The Bertz CT molecular complexity index is 1190. The van der Waals surface area contributed by atoms with Gasteiger partial charge in [0.25, 0.3) is 0 Å². The van der Waals surface area contributed by atoms with Crippen molar-refractivity contribution in [2.75, 3.05) is 0 Å². The fraction of sp³-hybridized carbons (Fsp3) is 0.333. The summed E-state index contributed by atoms with van der Waals surface area (Å²) in [6.45, 7) is 3.64. The highest BCUT2D eigenvalue weighted by molar-refractivity contribution is 7.91. The molecule has 0 radical (unpaired) electrons. The minimum Gasteiger partial charge on any atom is -0.298 e. The molecule has 3 aromatic rings. The number of Topliss-reactive ketones (excluding diaryl/α,β-unsaturated/α-hetero) is 1. The van der Waals surface area contributed by atoms with Crippen molar-refractivity contribution in [2.24, 2.45) is 0 Å². The first kappa shape index (κ1) is 21.3. The molecule has 6 nitrogen and oxygen atoms in total. The maximum atomic E-state index is 13.1. The van der Waals surface area contributed by atoms with Crippen molar-refractivity contribution < 1.29 is 13.2 Å². The van der Waals surface area contributed by atoms with Crippen LogP contribution >= 0.6 is 0 Å². The third-order valence-corrected chi connectivity index (χ3v) is 7.87. The molecule has 1 fully saturated rings. The number of hydrogen-bond donors (Lipinski definition) is 0. The quantitative estimate of drug-likeness (QED) is 0.536. The second kappa shape index (κ2) is 8.30. The van der Waals surface area contributed by atoms with Crippen LogP contribution in [0.15, 0.2) is 61.1 Å². The maximum Gasteiger partial charge on any atom is 0.160 e. The van der Waals surface area contributed by atoms with Gasteiger partial charge in [-0.1, -0.05) is 30.3 Å². The molecular weight excluding hydrogens is 410 g/mol. The summed E-state index contributed by atoms with van der Waals surface area (Å²) in [4.78, 5) is 25.8. The third kappa shape index (κ3) is 4.88. The van der Waals surface area contributed by atoms with Crippen molar-refractivity contribution in [1.29, 1.82) is 0 Å². The van der Waals surface area contributed by atoms with E-state index in [1.165, 1.54) is 6.20 Å². The molecule has 0 unspecified atom stereocenters. The monoisotopic (exact) mass is 435 g/mol. The lowest BCUT2D eigenvalue weighted by molar-refractivity contribution is -0.122. The number of pyridine rings is 1. The molecule has 1 aromatic carbocycles. The second-order valence-corrected chi connectivity index (χ2v) is 10.8. The topological polar surface area (TPSA) is 89.9 Å². The first-order valence-electron chi connectivity index (χ1n) is 10.3. The fourth-order valence-corrected chi connectivity index (χ4v) is 5.03. The van der Waals surface area contributed by atoms with Crippen LogP contribution in [0.3, 0.4) is 0 Å². The average molecular weight is 436 g/mol. The first-order chi connectivity index (χ1) is 14.8. The SMILES string of the molecule is CC(C)(C(=O)Cc1ccc(-c2cccnc2)cc1)c1ccnc(CS(=O)(=O)C2CC2)n1. The van der Waals surface area contributed by atoms with E-state index < -0.39 is 15.3 Å². The van der Waals surface area contributed by atoms with Gasteiger partial charge in [0.2, 0.25) is 0 Å². The number of carbonyl (C=O) groups excluding carboxylic acids is 1. The highest BCUT2D eigenvalue weighted by Crippen LogP contribution is 2.31. The van der Waals surface area contributed by atoms with Crippen LogP contribution in [0.4, 0.5) is 0 Å². The number of aromatic nitrogens is 3. The van der Waals surface area contributed by atoms with Gasteiger partial charge in [-0.15, -0.1) is 0 Å². The molecular formula is C24H25N3O3S. The van der Waals surface area contributed by atoms with Gasteiger partial charge in [0.05, 0.1) is 16.4 Å². The molecule has 0 saturated heterocycles. The van der Waals surface area contributed by atoms with Gasteiger partial charge in [0, 0.05) is 25.0 Å². The molecule has 160 valence electrons. The molecule has 0 spiro atoms. The van der Waals surface area contributed by atoms with Crippen molar-refractivity contribution >= 4 is 15.6 Å². The van der Waals surface area contributed by atoms with Gasteiger partial charge in [-0.3, -0.25) is 9.78 Å². The Balaban J connectivity index is 1.48. The number of carbonyl (C=O) groups is 1. The number of rotatable bonds is 8. The van der Waals surface area contributed by atoms with Crippen LogP contribution in [0.2, 0.25) is 0 Å². The average Bonchev–Trinajstić information content (AvgIpc) is 3.61. The van der Waals surface area contributed by atoms with Gasteiger partial charge in [0.1, 0.15) is 17.4 Å². The van der Waals surface area contributed by atoms with Crippen LogP contribution in [-0.4, -0.2) is 34.4 Å². The van der Waals surface area contributed by atoms with Crippen molar-refractivity contribution in [2.45, 2.75) is 49.5 Å². The second-order valence-electron chi connectivity index (χ2n) is 8.53. The van der Waals surface area contributed by atoms with E-state index in [4.69, 9.17) is 0 Å². The summed E-state index contributed by atoms with van der Waals surface area (Å²) in [6, 6.07) is 13.4. The fourth-order valence-electron chi connectivity index (χ4n) is 3.44. The molecule has 1 saturated carbocycles. The predicted octanol–water partition coefficient (Wildman–Crippen LogP) is 3.71. The molecule has 2 aromatic heterocycles. The Morgan fingerprint density at radius 2 is 1.77 bits per heavy atom. The van der Waals surface area contributed by atoms with Crippen molar-refractivity contribution in [3.05, 3.63) is 78.1 Å². The summed E-state index contributed by atoms with van der Waals surface area (Å²) >= 11 is 0. The summed E-state index contributed by atoms with van der Waals surface area (Å²) in [5.74, 6) is 0.0911. The predicted molar refractivity (Wildman–Crippen MR) is 119 cm³/mol. The molecule has 0 N–H and O–H groups in total. The summed E-state index contributed by atoms with van der Waals surface area (Å²) in [5.41, 5.74) is 2.66. The lowest BCUT2D eigenvalue weighted by Crippen LogP contribution is -2.32. The van der Waals surface area contributed by atoms with Crippen molar-refractivity contribution in [3.8, 4) is 11.1 Å². The van der Waals surface area contributed by atoms with Crippen LogP contribution in [0, 0.1) is 0 Å². The van der Waals surface area contributed by atoms with Crippen molar-refractivity contribution in [3.63, 3.8) is 0 Å². The van der Waals surface area contributed by atoms with Crippen LogP contribution in [0.1, 0.15) is 43.8 Å². The Morgan fingerprint density at radius 1 is 1.03 bits per heavy atom. The van der Waals surface area contributed by atoms with Gasteiger partial charge in [-0.2, -0.15) is 0 Å². The van der Waals surface area contributed by atoms with E-state index >= 15 is 0 Å². The van der Waals surface area contributed by atoms with Crippen LogP contribution in [0.25, 0.3) is 11.1 Å². The zero-order valence-corrected chi connectivity index (χ0v) is 18.5. The first-order valence-corrected chi connectivity index (χ1v) is 12.0. The zero-order valence-electron chi connectivity index (χ0n) is 17.7. The molecule has 4 rings (SSSR count). The highest BCUT2D eigenvalue weighted by Gasteiger charge is 2.37. The lowest BCUT2D eigenvalue weighted by Gasteiger charge is -2.23. The van der Waals surface area contributed by atoms with Crippen LogP contribution in [-0.2, 0) is 32.2 Å². The number of hydrogen-bond acceptors (Lipinski definition) is 6. The van der Waals surface area contributed by atoms with Gasteiger partial charge in [-0.05, 0) is 55.5 Å². The van der Waals surface area contributed by atoms with E-state index in [9.17, 15) is 13.2 Å². The number of benzene rings is 1. The summed E-state index contributed by atoms with van der Waals surface area (Å²) in [7, 11) is -3.21. The van der Waals surface area contributed by atoms with E-state index in [1.54, 1.807) is 18.5 Å². The number of sulfone groups is 1. The van der Waals surface area contributed by atoms with Crippen LogP contribution < -0.4 is 0 Å². The molecule has 1 aliphatic rings. The Kier molecular flexibility index (Phi) is 5.71. The van der Waals surface area contributed by atoms with E-state index in [1.807, 2.05) is 50.2 Å². The zero-order chi connectivity index (χ0) is 22.1. The highest BCUT2D eigenvalue weighted by atomic mass is 32.2. The minimum atomic E-state index is -3.21. The van der Waals surface area contributed by atoms with E-state index in [0.717, 1.165) is 16.7 Å². The Morgan fingerprint density at radius 3 is 2.42 bits per heavy atom. The molecule has 1 aliphatic carbocycles. The van der Waals surface area contributed by atoms with Crippen molar-refractivity contribution in [1.82, 2.24) is 15.0 Å². The van der Waals surface area contributed by atoms with Gasteiger partial charge < -0.3 is 0 Å². The van der Waals surface area contributed by atoms with Gasteiger partial charge in [-0.25, -0.2) is 18.4 Å². The Hall–Kier alpha value is -2.93. The summed E-state index contributed by atoms with van der Waals surface area (Å²) in [5, 5.41) is -0.260. The Labute approximate surface area is 182 Å². The molecule has 0 amide bonds. The molecule has 7 heteroatoms. The lowest BCUT2D eigenvalue weighted by atomic mass is 9.81. The molecule has 0 bridgehead atoms. The summed E-state index contributed by atoms with van der Waals surface area (Å²) < 4.78 is 24.6. The minimum absolute atomic E-state index is 0.0105.